The molecular formula is C20H17NO2. The minimum absolute atomic E-state index is 0.379. The highest BCUT2D eigenvalue weighted by molar-refractivity contribution is 5.95. The number of hydrogen-bond donors (Lipinski definition) is 1. The molecule has 0 amide bonds. The number of para-hydroxylation sites is 1. The Balaban J connectivity index is 1.94. The molecule has 114 valence electrons. The third kappa shape index (κ3) is 3.40. The van der Waals surface area contributed by atoms with Crippen LogP contribution in [-0.2, 0) is 4.74 Å². The highest BCUT2D eigenvalue weighted by Gasteiger charge is 2.20. The second kappa shape index (κ2) is 6.79. The van der Waals surface area contributed by atoms with Gasteiger partial charge in [-0.1, -0.05) is 72.8 Å². The van der Waals surface area contributed by atoms with Crippen molar-refractivity contribution in [2.75, 3.05) is 5.73 Å². The normalized spacial score (nSPS) is 10.5. The molecule has 3 heteroatoms. The summed E-state index contributed by atoms with van der Waals surface area (Å²) in [6.45, 7) is 0. The smallest absolute Gasteiger partial charge is 0.341 e. The molecular weight excluding hydrogens is 286 g/mol. The van der Waals surface area contributed by atoms with E-state index in [4.69, 9.17) is 10.5 Å². The number of carbonyl (C=O) groups excluding carboxylic acids is 1. The molecule has 0 atom stereocenters. The molecule has 0 radical (unpaired) electrons. The van der Waals surface area contributed by atoms with Crippen LogP contribution in [-0.4, -0.2) is 5.97 Å². The predicted octanol–water partition coefficient (Wildman–Crippen LogP) is 4.22. The average molecular weight is 303 g/mol. The van der Waals surface area contributed by atoms with Gasteiger partial charge in [0, 0.05) is 5.69 Å². The predicted molar refractivity (Wildman–Crippen MR) is 91.0 cm³/mol. The molecule has 23 heavy (non-hydrogen) atoms. The second-order valence-corrected chi connectivity index (χ2v) is 5.19. The van der Waals surface area contributed by atoms with Crippen LogP contribution in [0.15, 0.2) is 84.9 Å². The van der Waals surface area contributed by atoms with Gasteiger partial charge in [0.05, 0.1) is 5.56 Å². The number of anilines is 1. The summed E-state index contributed by atoms with van der Waals surface area (Å²) in [5.74, 6) is -0.430. The Morgan fingerprint density at radius 3 is 1.74 bits per heavy atom. The lowest BCUT2D eigenvalue weighted by molar-refractivity contribution is 0.0379. The van der Waals surface area contributed by atoms with Gasteiger partial charge < -0.3 is 10.5 Å². The Labute approximate surface area is 135 Å². The zero-order valence-corrected chi connectivity index (χ0v) is 12.6. The molecule has 0 bridgehead atoms. The molecule has 0 aliphatic rings. The molecule has 0 saturated heterocycles. The SMILES string of the molecule is Nc1ccccc1C(=O)OC(c1ccccc1)c1ccccc1. The van der Waals surface area contributed by atoms with Crippen molar-refractivity contribution in [1.82, 2.24) is 0 Å². The van der Waals surface area contributed by atoms with Gasteiger partial charge in [-0.15, -0.1) is 0 Å². The van der Waals surface area contributed by atoms with E-state index < -0.39 is 12.1 Å². The maximum atomic E-state index is 12.5. The summed E-state index contributed by atoms with van der Waals surface area (Å²) in [4.78, 5) is 12.5. The van der Waals surface area contributed by atoms with Gasteiger partial charge >= 0.3 is 5.97 Å². The van der Waals surface area contributed by atoms with E-state index in [1.165, 1.54) is 0 Å². The lowest BCUT2D eigenvalue weighted by Gasteiger charge is -2.19. The van der Waals surface area contributed by atoms with Gasteiger partial charge in [0.15, 0.2) is 6.10 Å². The number of hydrogen-bond acceptors (Lipinski definition) is 3. The summed E-state index contributed by atoms with van der Waals surface area (Å²) < 4.78 is 5.77. The number of esters is 1. The first-order valence-electron chi connectivity index (χ1n) is 7.41. The third-order valence-electron chi connectivity index (χ3n) is 3.61. The summed E-state index contributed by atoms with van der Waals surface area (Å²) in [7, 11) is 0. The van der Waals surface area contributed by atoms with Crippen LogP contribution in [0.3, 0.4) is 0 Å². The van der Waals surface area contributed by atoms with Crippen LogP contribution in [0.5, 0.6) is 0 Å². The Hall–Kier alpha value is -3.07. The highest BCUT2D eigenvalue weighted by atomic mass is 16.5. The molecule has 0 heterocycles. The van der Waals surface area contributed by atoms with Gasteiger partial charge in [-0.3, -0.25) is 0 Å². The highest BCUT2D eigenvalue weighted by Crippen LogP contribution is 2.27. The van der Waals surface area contributed by atoms with E-state index >= 15 is 0 Å². The van der Waals surface area contributed by atoms with Crippen molar-refractivity contribution in [1.29, 1.82) is 0 Å². The molecule has 0 saturated carbocycles. The summed E-state index contributed by atoms with van der Waals surface area (Å²) in [5.41, 5.74) is 8.50. The monoisotopic (exact) mass is 303 g/mol. The fourth-order valence-corrected chi connectivity index (χ4v) is 2.44. The van der Waals surface area contributed by atoms with Crippen molar-refractivity contribution >= 4 is 11.7 Å². The van der Waals surface area contributed by atoms with Crippen molar-refractivity contribution in [3.63, 3.8) is 0 Å². The van der Waals surface area contributed by atoms with Crippen molar-refractivity contribution < 1.29 is 9.53 Å². The average Bonchev–Trinajstić information content (AvgIpc) is 2.61. The van der Waals surface area contributed by atoms with Gasteiger partial charge in [-0.05, 0) is 23.3 Å². The molecule has 3 aromatic carbocycles. The topological polar surface area (TPSA) is 52.3 Å². The first-order valence-corrected chi connectivity index (χ1v) is 7.41. The van der Waals surface area contributed by atoms with Crippen LogP contribution in [0.4, 0.5) is 5.69 Å². The zero-order valence-electron chi connectivity index (χ0n) is 12.6. The molecule has 2 N–H and O–H groups in total. The van der Waals surface area contributed by atoms with E-state index in [0.717, 1.165) is 11.1 Å². The first kappa shape index (κ1) is 14.9. The zero-order chi connectivity index (χ0) is 16.1. The summed E-state index contributed by atoms with van der Waals surface area (Å²) in [6.07, 6.45) is -0.468. The lowest BCUT2D eigenvalue weighted by Crippen LogP contribution is -2.14. The van der Waals surface area contributed by atoms with Crippen LogP contribution in [0.1, 0.15) is 27.6 Å². The lowest BCUT2D eigenvalue weighted by atomic mass is 10.0. The van der Waals surface area contributed by atoms with E-state index in [9.17, 15) is 4.79 Å². The molecule has 0 fully saturated rings. The summed E-state index contributed by atoms with van der Waals surface area (Å²) >= 11 is 0. The van der Waals surface area contributed by atoms with Gasteiger partial charge in [0.2, 0.25) is 0 Å². The van der Waals surface area contributed by atoms with Crippen molar-refractivity contribution in [3.8, 4) is 0 Å². The van der Waals surface area contributed by atoms with Gasteiger partial charge in [-0.2, -0.15) is 0 Å². The fraction of sp³-hybridized carbons (Fsp3) is 0.0500. The summed E-state index contributed by atoms with van der Waals surface area (Å²) in [5, 5.41) is 0. The second-order valence-electron chi connectivity index (χ2n) is 5.19. The van der Waals surface area contributed by atoms with Gasteiger partial charge in [-0.25, -0.2) is 4.79 Å². The Kier molecular flexibility index (Phi) is 4.39. The van der Waals surface area contributed by atoms with E-state index in [1.54, 1.807) is 24.3 Å². The Morgan fingerprint density at radius 2 is 1.22 bits per heavy atom. The molecule has 0 unspecified atom stereocenters. The minimum Gasteiger partial charge on any atom is -0.449 e. The number of nitrogen functional groups attached to an aromatic ring is 1. The van der Waals surface area contributed by atoms with Crippen LogP contribution >= 0.6 is 0 Å². The van der Waals surface area contributed by atoms with E-state index in [2.05, 4.69) is 0 Å². The van der Waals surface area contributed by atoms with Crippen molar-refractivity contribution in [2.45, 2.75) is 6.10 Å². The maximum Gasteiger partial charge on any atom is 0.341 e. The summed E-state index contributed by atoms with van der Waals surface area (Å²) in [6, 6.07) is 26.3. The molecule has 0 aliphatic heterocycles. The van der Waals surface area contributed by atoms with Crippen molar-refractivity contribution in [3.05, 3.63) is 102 Å². The number of benzene rings is 3. The van der Waals surface area contributed by atoms with Gasteiger partial charge in [0.1, 0.15) is 0 Å². The van der Waals surface area contributed by atoms with E-state index in [1.807, 2.05) is 60.7 Å². The van der Waals surface area contributed by atoms with Crippen molar-refractivity contribution in [2.24, 2.45) is 0 Å². The molecule has 0 aliphatic carbocycles. The number of rotatable bonds is 4. The minimum atomic E-state index is -0.468. The van der Waals surface area contributed by atoms with Crippen LogP contribution in [0.25, 0.3) is 0 Å². The largest absolute Gasteiger partial charge is 0.449 e. The number of nitrogens with two attached hydrogens (primary N) is 1. The fourth-order valence-electron chi connectivity index (χ4n) is 2.44. The van der Waals surface area contributed by atoms with Crippen LogP contribution < -0.4 is 5.73 Å². The molecule has 0 spiro atoms. The third-order valence-corrected chi connectivity index (χ3v) is 3.61. The van der Waals surface area contributed by atoms with E-state index in [0.29, 0.717) is 11.3 Å². The Morgan fingerprint density at radius 1 is 0.739 bits per heavy atom. The molecule has 3 aromatic rings. The standard InChI is InChI=1S/C20H17NO2/c21-18-14-8-7-13-17(18)20(22)23-19(15-9-3-1-4-10-15)16-11-5-2-6-12-16/h1-14,19H,21H2. The molecule has 0 aromatic heterocycles. The van der Waals surface area contributed by atoms with E-state index in [-0.39, 0.29) is 0 Å². The maximum absolute atomic E-state index is 12.5. The molecule has 3 rings (SSSR count). The Bertz CT molecular complexity index is 746. The van der Waals surface area contributed by atoms with Crippen LogP contribution in [0.2, 0.25) is 0 Å². The molecule has 3 nitrogen and oxygen atoms in total. The number of ether oxygens (including phenoxy) is 1. The van der Waals surface area contributed by atoms with Gasteiger partial charge in [0.25, 0.3) is 0 Å². The first-order chi connectivity index (χ1) is 11.3. The quantitative estimate of drug-likeness (QED) is 0.580. The number of carbonyl (C=O) groups is 1. The van der Waals surface area contributed by atoms with Crippen LogP contribution in [0, 0.1) is 0 Å².